The minimum atomic E-state index is -0.466. The number of aryl methyl sites for hydroxylation is 1. The third kappa shape index (κ3) is 3.42. The summed E-state index contributed by atoms with van der Waals surface area (Å²) in [6, 6.07) is 4.51. The molecule has 0 saturated heterocycles. The van der Waals surface area contributed by atoms with Crippen molar-refractivity contribution in [2.75, 3.05) is 17.3 Å². The number of anilines is 2. The number of hydrogen-bond donors (Lipinski definition) is 3. The molecule has 0 bridgehead atoms. The third-order valence-corrected chi connectivity index (χ3v) is 2.62. The first-order chi connectivity index (χ1) is 9.58. The van der Waals surface area contributed by atoms with Gasteiger partial charge in [-0.1, -0.05) is 0 Å². The lowest BCUT2D eigenvalue weighted by Gasteiger charge is -2.07. The highest BCUT2D eigenvalue weighted by molar-refractivity contribution is 5.63. The van der Waals surface area contributed by atoms with Gasteiger partial charge in [0, 0.05) is 37.8 Å². The maximum atomic E-state index is 10.8. The van der Waals surface area contributed by atoms with Gasteiger partial charge in [-0.3, -0.25) is 20.6 Å². The van der Waals surface area contributed by atoms with Crippen molar-refractivity contribution in [3.8, 4) is 0 Å². The summed E-state index contributed by atoms with van der Waals surface area (Å²) in [5.74, 6) is 6.00. The Hall–Kier alpha value is -2.68. The van der Waals surface area contributed by atoms with E-state index in [1.165, 1.54) is 12.1 Å². The predicted octanol–water partition coefficient (Wildman–Crippen LogP) is 0.663. The van der Waals surface area contributed by atoms with Crippen LogP contribution in [0.2, 0.25) is 0 Å². The molecule has 106 valence electrons. The number of nitrogens with one attached hydrogen (secondary N) is 2. The molecule has 20 heavy (non-hydrogen) atoms. The van der Waals surface area contributed by atoms with Crippen LogP contribution in [0.3, 0.4) is 0 Å². The van der Waals surface area contributed by atoms with Crippen LogP contribution in [0.4, 0.5) is 17.1 Å². The molecule has 0 amide bonds. The van der Waals surface area contributed by atoms with E-state index in [1.807, 2.05) is 0 Å². The quantitative estimate of drug-likeness (QED) is 0.402. The molecule has 0 fully saturated rings. The van der Waals surface area contributed by atoms with Crippen LogP contribution in [-0.2, 0) is 13.5 Å². The van der Waals surface area contributed by atoms with Gasteiger partial charge >= 0.3 is 0 Å². The average Bonchev–Trinajstić information content (AvgIpc) is 2.84. The Bertz CT molecular complexity index is 611. The molecule has 0 atom stereocenters. The number of hydrazine groups is 1. The van der Waals surface area contributed by atoms with Crippen molar-refractivity contribution in [1.82, 2.24) is 14.8 Å². The molecule has 0 unspecified atom stereocenters. The fourth-order valence-electron chi connectivity index (χ4n) is 1.72. The van der Waals surface area contributed by atoms with Crippen molar-refractivity contribution in [3.05, 3.63) is 40.5 Å². The number of rotatable bonds is 6. The molecule has 9 nitrogen and oxygen atoms in total. The Morgan fingerprint density at radius 2 is 2.15 bits per heavy atom. The predicted molar refractivity (Wildman–Crippen MR) is 74.1 cm³/mol. The van der Waals surface area contributed by atoms with Gasteiger partial charge in [0.15, 0.2) is 5.82 Å². The van der Waals surface area contributed by atoms with Gasteiger partial charge in [0.05, 0.1) is 10.6 Å². The number of non-ortho nitro benzene ring substituents is 1. The minimum absolute atomic E-state index is 0.0288. The fraction of sp³-hybridized carbons (Fsp3) is 0.273. The van der Waals surface area contributed by atoms with Crippen LogP contribution < -0.4 is 16.6 Å². The number of hydrogen-bond acceptors (Lipinski definition) is 7. The molecule has 2 rings (SSSR count). The summed E-state index contributed by atoms with van der Waals surface area (Å²) in [5.41, 5.74) is 3.46. The molecule has 0 aliphatic heterocycles. The zero-order chi connectivity index (χ0) is 14.5. The van der Waals surface area contributed by atoms with Crippen molar-refractivity contribution < 1.29 is 4.92 Å². The molecule has 0 spiro atoms. The number of nitro groups is 1. The first-order valence-corrected chi connectivity index (χ1v) is 5.93. The van der Waals surface area contributed by atoms with Crippen LogP contribution in [0.25, 0.3) is 0 Å². The SMILES string of the molecule is Cn1cnc(CCNc2cc(NN)cc([N+](=O)[O-])c2)n1. The van der Waals surface area contributed by atoms with E-state index in [1.54, 1.807) is 24.1 Å². The number of nitrogens with two attached hydrogens (primary N) is 1. The molecular formula is C11H15N7O2. The topological polar surface area (TPSA) is 124 Å². The van der Waals surface area contributed by atoms with Gasteiger partial charge in [0.25, 0.3) is 5.69 Å². The maximum absolute atomic E-state index is 10.8. The zero-order valence-corrected chi connectivity index (χ0v) is 10.9. The van der Waals surface area contributed by atoms with Gasteiger partial charge < -0.3 is 10.7 Å². The molecule has 1 heterocycles. The largest absolute Gasteiger partial charge is 0.384 e. The second-order valence-electron chi connectivity index (χ2n) is 4.18. The van der Waals surface area contributed by atoms with Crippen LogP contribution >= 0.6 is 0 Å². The van der Waals surface area contributed by atoms with Gasteiger partial charge in [-0.15, -0.1) is 0 Å². The Morgan fingerprint density at radius 3 is 2.75 bits per heavy atom. The number of nitro benzene ring substituents is 1. The van der Waals surface area contributed by atoms with Crippen molar-refractivity contribution in [3.63, 3.8) is 0 Å². The third-order valence-electron chi connectivity index (χ3n) is 2.62. The highest BCUT2D eigenvalue weighted by atomic mass is 16.6. The number of nitrogen functional groups attached to an aromatic ring is 1. The molecule has 2 aromatic rings. The molecule has 0 saturated carbocycles. The standard InChI is InChI=1S/C11H15N7O2/c1-17-7-14-11(16-17)2-3-13-8-4-9(15-12)6-10(5-8)18(19)20/h4-7,13,15H,2-3,12H2,1H3. The Labute approximate surface area is 114 Å². The molecule has 0 aliphatic carbocycles. The Morgan fingerprint density at radius 1 is 1.40 bits per heavy atom. The van der Waals surface area contributed by atoms with Crippen molar-refractivity contribution >= 4 is 17.1 Å². The summed E-state index contributed by atoms with van der Waals surface area (Å²) < 4.78 is 1.62. The van der Waals surface area contributed by atoms with Gasteiger partial charge in [-0.05, 0) is 6.07 Å². The minimum Gasteiger partial charge on any atom is -0.384 e. The lowest BCUT2D eigenvalue weighted by molar-refractivity contribution is -0.384. The highest BCUT2D eigenvalue weighted by Gasteiger charge is 2.09. The summed E-state index contributed by atoms with van der Waals surface area (Å²) in [5, 5.41) is 18.0. The first kappa shape index (κ1) is 13.7. The van der Waals surface area contributed by atoms with Crippen molar-refractivity contribution in [1.29, 1.82) is 0 Å². The van der Waals surface area contributed by atoms with Gasteiger partial charge in [0.1, 0.15) is 6.33 Å². The summed E-state index contributed by atoms with van der Waals surface area (Å²) in [6.45, 7) is 0.565. The lowest BCUT2D eigenvalue weighted by atomic mass is 10.2. The summed E-state index contributed by atoms with van der Waals surface area (Å²) in [4.78, 5) is 14.4. The molecular weight excluding hydrogens is 262 g/mol. The van der Waals surface area contributed by atoms with E-state index < -0.39 is 4.92 Å². The summed E-state index contributed by atoms with van der Waals surface area (Å²) in [7, 11) is 1.80. The van der Waals surface area contributed by atoms with E-state index in [9.17, 15) is 10.1 Å². The van der Waals surface area contributed by atoms with Crippen LogP contribution in [0.5, 0.6) is 0 Å². The van der Waals surface area contributed by atoms with Crippen LogP contribution in [0.15, 0.2) is 24.5 Å². The molecule has 0 radical (unpaired) electrons. The molecule has 4 N–H and O–H groups in total. The Kier molecular flexibility index (Phi) is 4.11. The number of benzene rings is 1. The van der Waals surface area contributed by atoms with Crippen LogP contribution in [0.1, 0.15) is 5.82 Å². The number of nitrogens with zero attached hydrogens (tertiary/aromatic N) is 4. The van der Waals surface area contributed by atoms with Crippen LogP contribution in [-0.4, -0.2) is 26.2 Å². The molecule has 0 aliphatic rings. The van der Waals surface area contributed by atoms with E-state index in [0.717, 1.165) is 0 Å². The van der Waals surface area contributed by atoms with E-state index in [4.69, 9.17) is 5.84 Å². The summed E-state index contributed by atoms with van der Waals surface area (Å²) in [6.07, 6.45) is 2.24. The van der Waals surface area contributed by atoms with Gasteiger partial charge in [-0.25, -0.2) is 4.98 Å². The van der Waals surface area contributed by atoms with Crippen molar-refractivity contribution in [2.45, 2.75) is 6.42 Å². The van der Waals surface area contributed by atoms with Crippen molar-refractivity contribution in [2.24, 2.45) is 12.9 Å². The van der Waals surface area contributed by atoms with E-state index in [2.05, 4.69) is 20.8 Å². The summed E-state index contributed by atoms with van der Waals surface area (Å²) >= 11 is 0. The molecule has 9 heteroatoms. The maximum Gasteiger partial charge on any atom is 0.273 e. The highest BCUT2D eigenvalue weighted by Crippen LogP contribution is 2.23. The monoisotopic (exact) mass is 277 g/mol. The van der Waals surface area contributed by atoms with E-state index >= 15 is 0 Å². The normalized spacial score (nSPS) is 10.3. The van der Waals surface area contributed by atoms with Crippen LogP contribution in [0, 0.1) is 10.1 Å². The van der Waals surface area contributed by atoms with E-state index in [0.29, 0.717) is 30.2 Å². The number of aromatic nitrogens is 3. The molecule has 1 aromatic heterocycles. The second kappa shape index (κ2) is 5.97. The molecule has 1 aromatic carbocycles. The second-order valence-corrected chi connectivity index (χ2v) is 4.18. The fourth-order valence-corrected chi connectivity index (χ4v) is 1.72. The average molecular weight is 277 g/mol. The zero-order valence-electron chi connectivity index (χ0n) is 10.9. The van der Waals surface area contributed by atoms with Gasteiger partial charge in [0.2, 0.25) is 0 Å². The van der Waals surface area contributed by atoms with E-state index in [-0.39, 0.29) is 5.69 Å². The van der Waals surface area contributed by atoms with Gasteiger partial charge in [-0.2, -0.15) is 5.10 Å². The first-order valence-electron chi connectivity index (χ1n) is 5.93. The lowest BCUT2D eigenvalue weighted by Crippen LogP contribution is -2.10. The smallest absolute Gasteiger partial charge is 0.273 e. The Balaban J connectivity index is 2.01.